The molecule has 0 bridgehead atoms. The summed E-state index contributed by atoms with van der Waals surface area (Å²) in [5.74, 6) is -1.12. The summed E-state index contributed by atoms with van der Waals surface area (Å²) in [4.78, 5) is 30.3. The highest BCUT2D eigenvalue weighted by molar-refractivity contribution is 6.08. The zero-order valence-corrected chi connectivity index (χ0v) is 14.0. The molecule has 1 aliphatic rings. The van der Waals surface area contributed by atoms with Crippen LogP contribution >= 0.6 is 0 Å². The largest absolute Gasteiger partial charge is 0.461 e. The average molecular weight is 341 g/mol. The fraction of sp³-hybridized carbons (Fsp3) is 0.278. The SMILES string of the molecule is CCOC(=O)c1nc(C)c2c(c1N)C(=O)N(Cc1ccccc1)C2O. The smallest absolute Gasteiger partial charge is 0.359 e. The third-order valence-corrected chi connectivity index (χ3v) is 4.16. The van der Waals surface area contributed by atoms with Crippen molar-refractivity contribution < 1.29 is 19.4 Å². The number of fused-ring (bicyclic) bond motifs is 1. The molecule has 1 aliphatic heterocycles. The molecule has 3 N–H and O–H groups in total. The Labute approximate surface area is 145 Å². The van der Waals surface area contributed by atoms with Crippen molar-refractivity contribution in [2.24, 2.45) is 0 Å². The molecule has 0 saturated carbocycles. The second-order valence-corrected chi connectivity index (χ2v) is 5.76. The molecule has 0 aliphatic carbocycles. The molecule has 2 aromatic rings. The van der Waals surface area contributed by atoms with Gasteiger partial charge in [0.15, 0.2) is 11.9 Å². The fourth-order valence-corrected chi connectivity index (χ4v) is 2.98. The van der Waals surface area contributed by atoms with E-state index < -0.39 is 18.1 Å². The Morgan fingerprint density at radius 3 is 2.68 bits per heavy atom. The maximum absolute atomic E-state index is 12.8. The van der Waals surface area contributed by atoms with Crippen molar-refractivity contribution in [3.63, 3.8) is 0 Å². The number of aliphatic hydroxyl groups excluding tert-OH is 1. The number of nitrogen functional groups attached to an aromatic ring is 1. The van der Waals surface area contributed by atoms with Crippen LogP contribution in [0, 0.1) is 6.92 Å². The van der Waals surface area contributed by atoms with Gasteiger partial charge in [-0.1, -0.05) is 30.3 Å². The van der Waals surface area contributed by atoms with E-state index in [4.69, 9.17) is 10.5 Å². The Hall–Kier alpha value is -2.93. The van der Waals surface area contributed by atoms with Gasteiger partial charge in [0.1, 0.15) is 0 Å². The van der Waals surface area contributed by atoms with Gasteiger partial charge in [-0.15, -0.1) is 0 Å². The van der Waals surface area contributed by atoms with Crippen LogP contribution in [0.25, 0.3) is 0 Å². The zero-order valence-electron chi connectivity index (χ0n) is 14.0. The molecule has 0 saturated heterocycles. The third kappa shape index (κ3) is 2.83. The third-order valence-electron chi connectivity index (χ3n) is 4.16. The summed E-state index contributed by atoms with van der Waals surface area (Å²) in [5, 5.41) is 10.6. The summed E-state index contributed by atoms with van der Waals surface area (Å²) >= 11 is 0. The Morgan fingerprint density at radius 1 is 1.36 bits per heavy atom. The van der Waals surface area contributed by atoms with Crippen LogP contribution in [0.4, 0.5) is 5.69 Å². The van der Waals surface area contributed by atoms with E-state index in [-0.39, 0.29) is 30.1 Å². The maximum Gasteiger partial charge on any atom is 0.359 e. The molecule has 1 aromatic carbocycles. The van der Waals surface area contributed by atoms with E-state index in [0.717, 1.165) is 5.56 Å². The highest BCUT2D eigenvalue weighted by Crippen LogP contribution is 2.38. The number of amides is 1. The summed E-state index contributed by atoms with van der Waals surface area (Å²) in [6.07, 6.45) is -1.16. The van der Waals surface area contributed by atoms with Gasteiger partial charge < -0.3 is 20.5 Å². The van der Waals surface area contributed by atoms with Crippen LogP contribution in [0.15, 0.2) is 30.3 Å². The summed E-state index contributed by atoms with van der Waals surface area (Å²) in [6.45, 7) is 3.70. The minimum atomic E-state index is -1.16. The predicted molar refractivity (Wildman–Crippen MR) is 90.6 cm³/mol. The lowest BCUT2D eigenvalue weighted by atomic mass is 10.0. The van der Waals surface area contributed by atoms with Crippen LogP contribution in [0.5, 0.6) is 0 Å². The number of rotatable bonds is 4. The summed E-state index contributed by atoms with van der Waals surface area (Å²) in [5.41, 5.74) is 7.58. The lowest BCUT2D eigenvalue weighted by molar-refractivity contribution is 0.0133. The topological polar surface area (TPSA) is 106 Å². The Balaban J connectivity index is 2.02. The first-order chi connectivity index (χ1) is 12.0. The summed E-state index contributed by atoms with van der Waals surface area (Å²) in [6, 6.07) is 9.31. The monoisotopic (exact) mass is 341 g/mol. The van der Waals surface area contributed by atoms with Crippen molar-refractivity contribution in [1.29, 1.82) is 0 Å². The molecule has 2 heterocycles. The molecule has 1 aromatic heterocycles. The van der Waals surface area contributed by atoms with Gasteiger partial charge >= 0.3 is 5.97 Å². The van der Waals surface area contributed by atoms with E-state index in [0.29, 0.717) is 11.3 Å². The van der Waals surface area contributed by atoms with E-state index in [9.17, 15) is 14.7 Å². The van der Waals surface area contributed by atoms with Gasteiger partial charge in [0.2, 0.25) is 0 Å². The van der Waals surface area contributed by atoms with Gasteiger partial charge in [0.25, 0.3) is 5.91 Å². The molecule has 1 atom stereocenters. The Bertz CT molecular complexity index is 836. The molecular weight excluding hydrogens is 322 g/mol. The molecule has 1 unspecified atom stereocenters. The molecular formula is C18H19N3O4. The summed E-state index contributed by atoms with van der Waals surface area (Å²) in [7, 11) is 0. The number of ether oxygens (including phenoxy) is 1. The van der Waals surface area contributed by atoms with Gasteiger partial charge in [0, 0.05) is 17.8 Å². The molecule has 1 amide bonds. The van der Waals surface area contributed by atoms with Gasteiger partial charge in [-0.3, -0.25) is 4.79 Å². The number of aryl methyl sites for hydroxylation is 1. The number of hydrogen-bond acceptors (Lipinski definition) is 6. The lowest BCUT2D eigenvalue weighted by Gasteiger charge is -2.21. The molecule has 25 heavy (non-hydrogen) atoms. The normalized spacial score (nSPS) is 16.0. The van der Waals surface area contributed by atoms with Crippen LogP contribution < -0.4 is 5.73 Å². The molecule has 3 rings (SSSR count). The van der Waals surface area contributed by atoms with E-state index in [1.54, 1.807) is 13.8 Å². The van der Waals surface area contributed by atoms with Crippen molar-refractivity contribution in [3.05, 3.63) is 58.4 Å². The van der Waals surface area contributed by atoms with E-state index in [2.05, 4.69) is 4.98 Å². The quantitative estimate of drug-likeness (QED) is 0.822. The minimum absolute atomic E-state index is 0.0568. The number of benzene rings is 1. The fourth-order valence-electron chi connectivity index (χ4n) is 2.98. The highest BCUT2D eigenvalue weighted by Gasteiger charge is 2.40. The predicted octanol–water partition coefficient (Wildman–Crippen LogP) is 1.80. The second-order valence-electron chi connectivity index (χ2n) is 5.76. The minimum Gasteiger partial charge on any atom is -0.461 e. The van der Waals surface area contributed by atoms with Gasteiger partial charge in [-0.2, -0.15) is 0 Å². The molecule has 0 radical (unpaired) electrons. The lowest BCUT2D eigenvalue weighted by Crippen LogP contribution is -2.27. The number of hydrogen-bond donors (Lipinski definition) is 2. The van der Waals surface area contributed by atoms with E-state index >= 15 is 0 Å². The van der Waals surface area contributed by atoms with Gasteiger partial charge in [0.05, 0.1) is 17.9 Å². The Kier molecular flexibility index (Phi) is 4.41. The highest BCUT2D eigenvalue weighted by atomic mass is 16.5. The number of pyridine rings is 1. The van der Waals surface area contributed by atoms with E-state index in [1.165, 1.54) is 4.90 Å². The number of anilines is 1. The van der Waals surface area contributed by atoms with Crippen LogP contribution in [0.3, 0.4) is 0 Å². The number of esters is 1. The van der Waals surface area contributed by atoms with Crippen LogP contribution in [0.1, 0.15) is 50.8 Å². The van der Waals surface area contributed by atoms with Crippen molar-refractivity contribution in [3.8, 4) is 0 Å². The first-order valence-corrected chi connectivity index (χ1v) is 7.95. The number of aliphatic hydroxyl groups is 1. The van der Waals surface area contributed by atoms with Crippen LogP contribution in [0.2, 0.25) is 0 Å². The van der Waals surface area contributed by atoms with Crippen molar-refractivity contribution >= 4 is 17.6 Å². The van der Waals surface area contributed by atoms with Crippen LogP contribution in [-0.2, 0) is 11.3 Å². The average Bonchev–Trinajstić information content (AvgIpc) is 2.85. The first-order valence-electron chi connectivity index (χ1n) is 7.95. The number of carbonyl (C=O) groups excluding carboxylic acids is 2. The zero-order chi connectivity index (χ0) is 18.1. The van der Waals surface area contributed by atoms with Crippen molar-refractivity contribution in [2.45, 2.75) is 26.6 Å². The first kappa shape index (κ1) is 16.9. The second kappa shape index (κ2) is 6.52. The number of aromatic nitrogens is 1. The maximum atomic E-state index is 12.8. The van der Waals surface area contributed by atoms with E-state index in [1.807, 2.05) is 30.3 Å². The molecule has 7 heteroatoms. The summed E-state index contributed by atoms with van der Waals surface area (Å²) < 4.78 is 4.94. The number of nitrogens with two attached hydrogens (primary N) is 1. The van der Waals surface area contributed by atoms with Crippen molar-refractivity contribution in [2.75, 3.05) is 12.3 Å². The van der Waals surface area contributed by atoms with Crippen molar-refractivity contribution in [1.82, 2.24) is 9.88 Å². The molecule has 130 valence electrons. The molecule has 7 nitrogen and oxygen atoms in total. The molecule has 0 spiro atoms. The molecule has 0 fully saturated rings. The number of carbonyl (C=O) groups is 2. The van der Waals surface area contributed by atoms with Gasteiger partial charge in [-0.25, -0.2) is 9.78 Å². The standard InChI is InChI=1S/C18H19N3O4/c1-3-25-18(24)15-14(19)13-12(10(2)20-15)16(22)21(17(13)23)9-11-7-5-4-6-8-11/h4-8,16,22H,3,9,19H2,1-2H3. The number of nitrogens with zero attached hydrogens (tertiary/aromatic N) is 2. The Morgan fingerprint density at radius 2 is 2.04 bits per heavy atom. The van der Waals surface area contributed by atoms with Crippen LogP contribution in [-0.4, -0.2) is 33.5 Å². The van der Waals surface area contributed by atoms with Gasteiger partial charge in [-0.05, 0) is 19.4 Å².